The maximum Gasteiger partial charge on any atom is 0.273 e. The molecule has 1 aromatic heterocycles. The highest BCUT2D eigenvalue weighted by molar-refractivity contribution is 5.80. The minimum absolute atomic E-state index is 0.00782. The first-order chi connectivity index (χ1) is 13.1. The number of aromatic amines is 1. The number of benzene rings is 2. The van der Waals surface area contributed by atoms with Gasteiger partial charge in [-0.05, 0) is 24.3 Å². The van der Waals surface area contributed by atoms with Crippen LogP contribution in [0.4, 0.5) is 4.39 Å². The molecule has 0 spiro atoms. The maximum absolute atomic E-state index is 13.4. The molecule has 0 aliphatic carbocycles. The van der Waals surface area contributed by atoms with Gasteiger partial charge >= 0.3 is 0 Å². The van der Waals surface area contributed by atoms with Gasteiger partial charge in [0.1, 0.15) is 6.61 Å². The van der Waals surface area contributed by atoms with Crippen molar-refractivity contribution in [1.82, 2.24) is 15.1 Å². The summed E-state index contributed by atoms with van der Waals surface area (Å²) in [6, 6.07) is 12.5. The first kappa shape index (κ1) is 18.4. The SMILES string of the molecule is O=C(CCn1[nH]c(=O)c2ccccc2c1=O)NCCOc1ccccc1F. The van der Waals surface area contributed by atoms with Crippen LogP contribution in [0.2, 0.25) is 0 Å². The zero-order chi connectivity index (χ0) is 19.2. The number of amides is 1. The summed E-state index contributed by atoms with van der Waals surface area (Å²) in [4.78, 5) is 36.3. The number of rotatable bonds is 7. The van der Waals surface area contributed by atoms with E-state index >= 15 is 0 Å². The number of halogens is 1. The molecule has 0 fully saturated rings. The Balaban J connectivity index is 1.52. The first-order valence-corrected chi connectivity index (χ1v) is 8.42. The van der Waals surface area contributed by atoms with Crippen molar-refractivity contribution in [2.75, 3.05) is 13.2 Å². The van der Waals surface area contributed by atoms with E-state index in [0.717, 1.165) is 4.68 Å². The van der Waals surface area contributed by atoms with Gasteiger partial charge in [-0.2, -0.15) is 0 Å². The minimum Gasteiger partial charge on any atom is -0.489 e. The van der Waals surface area contributed by atoms with Gasteiger partial charge in [-0.25, -0.2) is 9.07 Å². The molecule has 0 radical (unpaired) electrons. The normalized spacial score (nSPS) is 10.7. The number of hydrogen-bond acceptors (Lipinski definition) is 4. The van der Waals surface area contributed by atoms with E-state index in [2.05, 4.69) is 10.4 Å². The second kappa shape index (κ2) is 8.31. The summed E-state index contributed by atoms with van der Waals surface area (Å²) in [6.45, 7) is 0.342. The lowest BCUT2D eigenvalue weighted by atomic mass is 10.2. The van der Waals surface area contributed by atoms with Gasteiger partial charge in [-0.1, -0.05) is 24.3 Å². The van der Waals surface area contributed by atoms with Crippen LogP contribution in [0.25, 0.3) is 10.8 Å². The number of H-pyrrole nitrogens is 1. The number of carbonyl (C=O) groups is 1. The highest BCUT2D eigenvalue weighted by Gasteiger charge is 2.08. The molecular weight excluding hydrogens is 353 g/mol. The molecule has 0 atom stereocenters. The van der Waals surface area contributed by atoms with E-state index in [4.69, 9.17) is 4.74 Å². The van der Waals surface area contributed by atoms with Gasteiger partial charge < -0.3 is 10.1 Å². The quantitative estimate of drug-likeness (QED) is 0.614. The molecule has 140 valence electrons. The second-order valence-electron chi connectivity index (χ2n) is 5.82. The third-order valence-electron chi connectivity index (χ3n) is 3.96. The highest BCUT2D eigenvalue weighted by Crippen LogP contribution is 2.14. The van der Waals surface area contributed by atoms with Crippen LogP contribution < -0.4 is 21.2 Å². The van der Waals surface area contributed by atoms with Crippen LogP contribution in [-0.4, -0.2) is 28.8 Å². The fourth-order valence-corrected chi connectivity index (χ4v) is 2.62. The lowest BCUT2D eigenvalue weighted by molar-refractivity contribution is -0.121. The summed E-state index contributed by atoms with van der Waals surface area (Å²) in [5.41, 5.74) is -0.746. The van der Waals surface area contributed by atoms with E-state index < -0.39 is 5.82 Å². The molecule has 0 aliphatic rings. The summed E-state index contributed by atoms with van der Waals surface area (Å²) in [7, 11) is 0. The molecular formula is C19H18FN3O4. The van der Waals surface area contributed by atoms with Crippen LogP contribution in [0.1, 0.15) is 6.42 Å². The van der Waals surface area contributed by atoms with Gasteiger partial charge in [-0.3, -0.25) is 19.5 Å². The predicted octanol–water partition coefficient (Wildman–Crippen LogP) is 1.41. The van der Waals surface area contributed by atoms with Crippen molar-refractivity contribution in [2.45, 2.75) is 13.0 Å². The number of aryl methyl sites for hydroxylation is 1. The highest BCUT2D eigenvalue weighted by atomic mass is 19.1. The minimum atomic E-state index is -0.469. The van der Waals surface area contributed by atoms with Gasteiger partial charge in [0, 0.05) is 6.42 Å². The molecule has 0 aliphatic heterocycles. The second-order valence-corrected chi connectivity index (χ2v) is 5.82. The van der Waals surface area contributed by atoms with Crippen molar-refractivity contribution < 1.29 is 13.9 Å². The molecule has 1 amide bonds. The third-order valence-corrected chi connectivity index (χ3v) is 3.96. The van der Waals surface area contributed by atoms with Crippen LogP contribution >= 0.6 is 0 Å². The Hall–Kier alpha value is -3.42. The molecule has 1 heterocycles. The number of aromatic nitrogens is 2. The maximum atomic E-state index is 13.4. The first-order valence-electron chi connectivity index (χ1n) is 8.42. The summed E-state index contributed by atoms with van der Waals surface area (Å²) >= 11 is 0. The molecule has 2 N–H and O–H groups in total. The van der Waals surface area contributed by atoms with Crippen LogP contribution in [0.15, 0.2) is 58.1 Å². The number of nitrogens with one attached hydrogen (secondary N) is 2. The van der Waals surface area contributed by atoms with E-state index in [1.54, 1.807) is 36.4 Å². The number of para-hydroxylation sites is 1. The molecule has 0 saturated heterocycles. The van der Waals surface area contributed by atoms with Crippen molar-refractivity contribution >= 4 is 16.7 Å². The largest absolute Gasteiger partial charge is 0.489 e. The molecule has 0 unspecified atom stereocenters. The Kier molecular flexibility index (Phi) is 5.65. The molecule has 27 heavy (non-hydrogen) atoms. The molecule has 3 aromatic rings. The van der Waals surface area contributed by atoms with Crippen LogP contribution in [0.5, 0.6) is 5.75 Å². The summed E-state index contributed by atoms with van der Waals surface area (Å²) in [5.74, 6) is -0.663. The zero-order valence-electron chi connectivity index (χ0n) is 14.4. The fourth-order valence-electron chi connectivity index (χ4n) is 2.62. The van der Waals surface area contributed by atoms with Crippen molar-refractivity contribution in [3.63, 3.8) is 0 Å². The van der Waals surface area contributed by atoms with Gasteiger partial charge in [0.2, 0.25) is 5.91 Å². The molecule has 3 rings (SSSR count). The average molecular weight is 371 g/mol. The summed E-state index contributed by atoms with van der Waals surface area (Å²) in [5, 5.41) is 5.71. The van der Waals surface area contributed by atoms with E-state index in [-0.39, 0.29) is 48.9 Å². The van der Waals surface area contributed by atoms with E-state index in [0.29, 0.717) is 10.8 Å². The molecule has 0 bridgehead atoms. The topological polar surface area (TPSA) is 93.2 Å². The van der Waals surface area contributed by atoms with Crippen LogP contribution in [0.3, 0.4) is 0 Å². The molecule has 8 heteroatoms. The van der Waals surface area contributed by atoms with Crippen molar-refractivity contribution in [2.24, 2.45) is 0 Å². The van der Waals surface area contributed by atoms with E-state index in [1.807, 2.05) is 0 Å². The lowest BCUT2D eigenvalue weighted by Gasteiger charge is -2.09. The summed E-state index contributed by atoms with van der Waals surface area (Å²) < 4.78 is 19.8. The molecule has 7 nitrogen and oxygen atoms in total. The Labute approximate surface area is 153 Å². The zero-order valence-corrected chi connectivity index (χ0v) is 14.4. The lowest BCUT2D eigenvalue weighted by Crippen LogP contribution is -2.33. The van der Waals surface area contributed by atoms with E-state index in [9.17, 15) is 18.8 Å². The Morgan fingerprint density at radius 1 is 1.07 bits per heavy atom. The molecule has 0 saturated carbocycles. The number of hydrogen-bond donors (Lipinski definition) is 2. The smallest absolute Gasteiger partial charge is 0.273 e. The Bertz CT molecular complexity index is 1070. The van der Waals surface area contributed by atoms with E-state index in [1.165, 1.54) is 12.1 Å². The van der Waals surface area contributed by atoms with Crippen LogP contribution in [-0.2, 0) is 11.3 Å². The standard InChI is InChI=1S/C19H18FN3O4/c20-15-7-3-4-8-16(15)27-12-10-21-17(24)9-11-23-19(26)14-6-2-1-5-13(14)18(25)22-23/h1-8H,9-12H2,(H,21,24)(H,22,25). The number of fused-ring (bicyclic) bond motifs is 1. The number of ether oxygens (including phenoxy) is 1. The van der Waals surface area contributed by atoms with Crippen molar-refractivity contribution in [3.05, 3.63) is 75.1 Å². The Morgan fingerprint density at radius 2 is 1.78 bits per heavy atom. The van der Waals surface area contributed by atoms with Gasteiger partial charge in [0.25, 0.3) is 11.1 Å². The number of carbonyl (C=O) groups excluding carboxylic acids is 1. The van der Waals surface area contributed by atoms with Crippen molar-refractivity contribution in [3.8, 4) is 5.75 Å². The summed E-state index contributed by atoms with van der Waals surface area (Å²) in [6.07, 6.45) is 0.00782. The van der Waals surface area contributed by atoms with Gasteiger partial charge in [0.05, 0.1) is 23.9 Å². The Morgan fingerprint density at radius 3 is 2.56 bits per heavy atom. The van der Waals surface area contributed by atoms with Gasteiger partial charge in [-0.15, -0.1) is 0 Å². The predicted molar refractivity (Wildman–Crippen MR) is 98.4 cm³/mol. The van der Waals surface area contributed by atoms with Crippen molar-refractivity contribution in [1.29, 1.82) is 0 Å². The van der Waals surface area contributed by atoms with Crippen LogP contribution in [0, 0.1) is 5.82 Å². The number of nitrogens with zero attached hydrogens (tertiary/aromatic N) is 1. The van der Waals surface area contributed by atoms with Gasteiger partial charge in [0.15, 0.2) is 11.6 Å². The average Bonchev–Trinajstić information content (AvgIpc) is 2.68. The monoisotopic (exact) mass is 371 g/mol. The third kappa shape index (κ3) is 4.41. The fraction of sp³-hybridized carbons (Fsp3) is 0.211. The molecule has 2 aromatic carbocycles.